The Bertz CT molecular complexity index is 799. The zero-order valence-corrected chi connectivity index (χ0v) is 18.7. The Balaban J connectivity index is 0.000000311. The quantitative estimate of drug-likeness (QED) is 0.361. The second-order valence-electron chi connectivity index (χ2n) is 6.47. The van der Waals surface area contributed by atoms with Crippen molar-refractivity contribution in [2.45, 2.75) is 46.3 Å². The van der Waals surface area contributed by atoms with Crippen LogP contribution >= 0.6 is 11.6 Å². The summed E-state index contributed by atoms with van der Waals surface area (Å²) in [4.78, 5) is 24.8. The molecule has 2 atom stereocenters. The number of hydrogen-bond donors (Lipinski definition) is 1. The topological polar surface area (TPSA) is 86.8 Å². The average molecular weight is 437 g/mol. The lowest BCUT2D eigenvalue weighted by atomic mass is 10.1. The summed E-state index contributed by atoms with van der Waals surface area (Å²) in [5, 5.41) is 3.15. The Morgan fingerprint density at radius 3 is 2.50 bits per heavy atom. The number of rotatable bonds is 9. The molecule has 1 heterocycles. The number of nitrogens with zero attached hydrogens (tertiary/aromatic N) is 1. The van der Waals surface area contributed by atoms with Crippen molar-refractivity contribution in [3.05, 3.63) is 52.8 Å². The molecule has 164 valence electrons. The number of nitrogens with one attached hydrogen (secondary N) is 1. The zero-order valence-electron chi connectivity index (χ0n) is 18.0. The van der Waals surface area contributed by atoms with E-state index < -0.39 is 0 Å². The molecule has 1 aromatic heterocycles. The van der Waals surface area contributed by atoms with E-state index in [2.05, 4.69) is 10.3 Å². The fourth-order valence-corrected chi connectivity index (χ4v) is 2.70. The van der Waals surface area contributed by atoms with Gasteiger partial charge in [0.15, 0.2) is 11.5 Å². The molecule has 0 spiro atoms. The first-order valence-electron chi connectivity index (χ1n) is 9.58. The second kappa shape index (κ2) is 13.4. The van der Waals surface area contributed by atoms with Crippen LogP contribution in [0.2, 0.25) is 5.15 Å². The van der Waals surface area contributed by atoms with E-state index in [4.69, 9.17) is 25.8 Å². The summed E-state index contributed by atoms with van der Waals surface area (Å²) >= 11 is 5.60. The first-order chi connectivity index (χ1) is 14.3. The Labute approximate surface area is 182 Å². The minimum absolute atomic E-state index is 0.107. The van der Waals surface area contributed by atoms with Gasteiger partial charge in [0.25, 0.3) is 0 Å². The highest BCUT2D eigenvalue weighted by Crippen LogP contribution is 2.28. The molecule has 2 aromatic rings. The molecule has 8 heteroatoms. The van der Waals surface area contributed by atoms with Gasteiger partial charge in [-0.2, -0.15) is 0 Å². The zero-order chi connectivity index (χ0) is 22.5. The summed E-state index contributed by atoms with van der Waals surface area (Å²) < 4.78 is 15.7. The Kier molecular flexibility index (Phi) is 11.3. The summed E-state index contributed by atoms with van der Waals surface area (Å²) in [6.07, 6.45) is 2.80. The van der Waals surface area contributed by atoms with E-state index in [1.807, 2.05) is 32.0 Å². The van der Waals surface area contributed by atoms with Crippen LogP contribution in [0.15, 0.2) is 36.5 Å². The van der Waals surface area contributed by atoms with Gasteiger partial charge in [-0.1, -0.05) is 23.7 Å². The van der Waals surface area contributed by atoms with Crippen molar-refractivity contribution in [1.29, 1.82) is 0 Å². The molecule has 0 aliphatic heterocycles. The van der Waals surface area contributed by atoms with Crippen molar-refractivity contribution < 1.29 is 23.8 Å². The number of aromatic nitrogens is 1. The van der Waals surface area contributed by atoms with E-state index in [0.717, 1.165) is 35.5 Å². The number of hydrogen-bond acceptors (Lipinski definition) is 6. The summed E-state index contributed by atoms with van der Waals surface area (Å²) in [5.41, 5.74) is 1.94. The lowest BCUT2D eigenvalue weighted by Crippen LogP contribution is -2.26. The van der Waals surface area contributed by atoms with E-state index in [1.165, 1.54) is 6.92 Å². The molecule has 0 bridgehead atoms. The van der Waals surface area contributed by atoms with Gasteiger partial charge in [0.1, 0.15) is 11.3 Å². The minimum atomic E-state index is -0.303. The van der Waals surface area contributed by atoms with Crippen molar-refractivity contribution in [3.63, 3.8) is 0 Å². The number of carbonyl (C=O) groups excluding carboxylic acids is 2. The number of methoxy groups -OCH3 is 1. The van der Waals surface area contributed by atoms with E-state index >= 15 is 0 Å². The van der Waals surface area contributed by atoms with Crippen molar-refractivity contribution in [1.82, 2.24) is 10.3 Å². The normalized spacial score (nSPS) is 11.9. The third-order valence-corrected chi connectivity index (χ3v) is 4.21. The van der Waals surface area contributed by atoms with E-state index in [1.54, 1.807) is 32.4 Å². The molecule has 30 heavy (non-hydrogen) atoms. The van der Waals surface area contributed by atoms with Gasteiger partial charge in [0, 0.05) is 24.7 Å². The molecule has 2 rings (SSSR count). The van der Waals surface area contributed by atoms with Gasteiger partial charge in [0.05, 0.1) is 13.7 Å². The van der Waals surface area contributed by atoms with Crippen molar-refractivity contribution in [3.8, 4) is 11.5 Å². The van der Waals surface area contributed by atoms with Crippen molar-refractivity contribution >= 4 is 24.0 Å². The Morgan fingerprint density at radius 1 is 1.23 bits per heavy atom. The number of benzene rings is 1. The maximum atomic E-state index is 10.6. The first kappa shape index (κ1) is 25.2. The monoisotopic (exact) mass is 436 g/mol. The van der Waals surface area contributed by atoms with Gasteiger partial charge in [-0.15, -0.1) is 0 Å². The maximum Gasteiger partial charge on any atom is 0.303 e. The van der Waals surface area contributed by atoms with Gasteiger partial charge in [-0.05, 0) is 51.0 Å². The molecule has 2 unspecified atom stereocenters. The van der Waals surface area contributed by atoms with Gasteiger partial charge in [-0.3, -0.25) is 9.59 Å². The highest BCUT2D eigenvalue weighted by Gasteiger charge is 2.09. The van der Waals surface area contributed by atoms with E-state index in [-0.39, 0.29) is 18.1 Å². The minimum Gasteiger partial charge on any atom is -0.493 e. The number of esters is 1. The molecule has 0 aliphatic carbocycles. The van der Waals surface area contributed by atoms with Crippen LogP contribution in [0.3, 0.4) is 0 Å². The lowest BCUT2D eigenvalue weighted by molar-refractivity contribution is -0.145. The SMILES string of the molecule is CC(=O)OC(C)c1ccc(Cl)nc1.CCOc1ccc(CC(C)NC=O)cc1OC. The van der Waals surface area contributed by atoms with Crippen molar-refractivity contribution in [2.24, 2.45) is 0 Å². The fraction of sp³-hybridized carbons (Fsp3) is 0.409. The molecule has 1 amide bonds. The molecule has 0 saturated carbocycles. The third-order valence-electron chi connectivity index (χ3n) is 3.98. The third kappa shape index (κ3) is 9.13. The molecular formula is C22H29ClN2O5. The van der Waals surface area contributed by atoms with E-state index in [9.17, 15) is 9.59 Å². The average Bonchev–Trinajstić information content (AvgIpc) is 2.70. The number of pyridine rings is 1. The standard InChI is InChI=1S/C13H19NO3.C9H10ClNO2/c1-4-17-12-6-5-11(8-13(12)16-3)7-10(2)14-9-15;1-6(13-7(2)12)8-3-4-9(10)11-5-8/h5-6,8-10H,4,7H2,1-3H3,(H,14,15);3-6H,1-2H3. The predicted octanol–water partition coefficient (Wildman–Crippen LogP) is 4.13. The molecule has 1 N–H and O–H groups in total. The number of amides is 1. The Hall–Kier alpha value is -2.80. The van der Waals surface area contributed by atoms with E-state index in [0.29, 0.717) is 11.8 Å². The predicted molar refractivity (Wildman–Crippen MR) is 116 cm³/mol. The largest absolute Gasteiger partial charge is 0.493 e. The van der Waals surface area contributed by atoms with Crippen LogP contribution in [-0.2, 0) is 20.7 Å². The van der Waals surface area contributed by atoms with Crippen LogP contribution in [-0.4, -0.2) is 37.1 Å². The summed E-state index contributed by atoms with van der Waals surface area (Å²) in [6, 6.07) is 9.37. The highest BCUT2D eigenvalue weighted by atomic mass is 35.5. The van der Waals surface area contributed by atoms with Gasteiger partial charge < -0.3 is 19.5 Å². The second-order valence-corrected chi connectivity index (χ2v) is 6.86. The van der Waals surface area contributed by atoms with Crippen LogP contribution in [0, 0.1) is 0 Å². The molecule has 1 aromatic carbocycles. The maximum absolute atomic E-state index is 10.6. The fourth-order valence-electron chi connectivity index (χ4n) is 2.59. The van der Waals surface area contributed by atoms with Crippen LogP contribution < -0.4 is 14.8 Å². The molecular weight excluding hydrogens is 408 g/mol. The number of carbonyl (C=O) groups is 2. The number of halogens is 1. The molecule has 0 fully saturated rings. The molecule has 0 aliphatic rings. The van der Waals surface area contributed by atoms with Crippen molar-refractivity contribution in [2.75, 3.05) is 13.7 Å². The van der Waals surface area contributed by atoms with Crippen LogP contribution in [0.4, 0.5) is 0 Å². The first-order valence-corrected chi connectivity index (χ1v) is 9.96. The number of ether oxygens (including phenoxy) is 3. The summed E-state index contributed by atoms with van der Waals surface area (Å²) in [6.45, 7) is 7.66. The van der Waals surface area contributed by atoms with Gasteiger partial charge in [-0.25, -0.2) is 4.98 Å². The molecule has 7 nitrogen and oxygen atoms in total. The van der Waals surface area contributed by atoms with Gasteiger partial charge >= 0.3 is 5.97 Å². The van der Waals surface area contributed by atoms with Crippen LogP contribution in [0.25, 0.3) is 0 Å². The molecule has 0 radical (unpaired) electrons. The Morgan fingerprint density at radius 2 is 1.97 bits per heavy atom. The van der Waals surface area contributed by atoms with Crippen LogP contribution in [0.1, 0.15) is 44.9 Å². The smallest absolute Gasteiger partial charge is 0.303 e. The lowest BCUT2D eigenvalue weighted by Gasteiger charge is -2.13. The summed E-state index contributed by atoms with van der Waals surface area (Å²) in [5.74, 6) is 1.17. The molecule has 0 saturated heterocycles. The van der Waals surface area contributed by atoms with Crippen LogP contribution in [0.5, 0.6) is 11.5 Å². The summed E-state index contributed by atoms with van der Waals surface area (Å²) in [7, 11) is 1.62. The van der Waals surface area contributed by atoms with Gasteiger partial charge in [0.2, 0.25) is 6.41 Å². The highest BCUT2D eigenvalue weighted by molar-refractivity contribution is 6.29.